The lowest BCUT2D eigenvalue weighted by molar-refractivity contribution is 0.202. The van der Waals surface area contributed by atoms with E-state index < -0.39 is 0 Å². The Labute approximate surface area is 71.9 Å². The molecule has 1 aliphatic heterocycles. The van der Waals surface area contributed by atoms with E-state index in [-0.39, 0.29) is 0 Å². The normalized spacial score (nSPS) is 16.2. The first-order valence-electron chi connectivity index (χ1n) is 4.04. The van der Waals surface area contributed by atoms with Crippen LogP contribution in [0.1, 0.15) is 11.1 Å². The molecule has 0 unspecified atom stereocenters. The van der Waals surface area contributed by atoms with Crippen LogP contribution in [-0.4, -0.2) is 19.0 Å². The maximum absolute atomic E-state index is 5.14. The molecule has 62 valence electrons. The van der Waals surface area contributed by atoms with Crippen LogP contribution in [0.3, 0.4) is 0 Å². The summed E-state index contributed by atoms with van der Waals surface area (Å²) in [5.74, 6) is 0. The van der Waals surface area contributed by atoms with Gasteiger partial charge in [-0.3, -0.25) is 4.99 Å². The van der Waals surface area contributed by atoms with Gasteiger partial charge in [0, 0.05) is 0 Å². The van der Waals surface area contributed by atoms with Crippen molar-refractivity contribution in [3.8, 4) is 0 Å². The minimum atomic E-state index is 0.517. The summed E-state index contributed by atoms with van der Waals surface area (Å²) in [4.78, 5) is 4.23. The summed E-state index contributed by atoms with van der Waals surface area (Å²) < 4.78 is 5.14. The third kappa shape index (κ3) is 1.38. The monoisotopic (exact) mass is 161 g/mol. The molecule has 0 radical (unpaired) electrons. The highest BCUT2D eigenvalue weighted by Gasteiger charge is 2.07. The third-order valence-corrected chi connectivity index (χ3v) is 1.97. The van der Waals surface area contributed by atoms with E-state index in [1.165, 1.54) is 11.1 Å². The van der Waals surface area contributed by atoms with Crippen LogP contribution in [0.2, 0.25) is 0 Å². The van der Waals surface area contributed by atoms with E-state index in [0.29, 0.717) is 13.3 Å². The average molecular weight is 161 g/mol. The number of hydrogen-bond donors (Lipinski definition) is 0. The molecular weight excluding hydrogens is 150 g/mol. The Morgan fingerprint density at radius 3 is 2.58 bits per heavy atom. The van der Waals surface area contributed by atoms with Crippen LogP contribution in [0.4, 0.5) is 0 Å². The van der Waals surface area contributed by atoms with Crippen molar-refractivity contribution >= 4 is 5.71 Å². The number of benzene rings is 1. The molecule has 0 aliphatic carbocycles. The fourth-order valence-electron chi connectivity index (χ4n) is 1.23. The minimum absolute atomic E-state index is 0.517. The fourth-order valence-corrected chi connectivity index (χ4v) is 1.23. The van der Waals surface area contributed by atoms with E-state index in [1.54, 1.807) is 0 Å². The van der Waals surface area contributed by atoms with Crippen molar-refractivity contribution < 1.29 is 4.74 Å². The van der Waals surface area contributed by atoms with Gasteiger partial charge in [-0.15, -0.1) is 0 Å². The molecule has 0 saturated carbocycles. The van der Waals surface area contributed by atoms with Gasteiger partial charge in [0.2, 0.25) is 0 Å². The summed E-state index contributed by atoms with van der Waals surface area (Å²) in [6, 6.07) is 8.36. The molecule has 0 bridgehead atoms. The van der Waals surface area contributed by atoms with Crippen molar-refractivity contribution in [3.63, 3.8) is 0 Å². The highest BCUT2D eigenvalue weighted by molar-refractivity contribution is 6.02. The number of rotatable bonds is 1. The van der Waals surface area contributed by atoms with Crippen molar-refractivity contribution in [2.75, 3.05) is 13.3 Å². The maximum Gasteiger partial charge on any atom is 0.138 e. The highest BCUT2D eigenvalue weighted by atomic mass is 16.5. The van der Waals surface area contributed by atoms with E-state index in [1.807, 2.05) is 0 Å². The number of ether oxygens (including phenoxy) is 1. The average Bonchev–Trinajstić information content (AvgIpc) is 2.58. The van der Waals surface area contributed by atoms with Gasteiger partial charge in [-0.2, -0.15) is 0 Å². The van der Waals surface area contributed by atoms with Crippen LogP contribution in [0.25, 0.3) is 0 Å². The highest BCUT2D eigenvalue weighted by Crippen LogP contribution is 2.08. The standard InChI is InChI=1S/C10H11NO/c1-8-2-4-9(5-3-8)10-6-12-7-11-10/h2-5H,6-7H2,1H3. The molecule has 0 N–H and O–H groups in total. The number of aryl methyl sites for hydroxylation is 1. The van der Waals surface area contributed by atoms with Gasteiger partial charge < -0.3 is 4.74 Å². The molecule has 12 heavy (non-hydrogen) atoms. The molecule has 0 aromatic heterocycles. The molecular formula is C10H11NO. The number of hydrogen-bond acceptors (Lipinski definition) is 2. The molecule has 1 aliphatic rings. The summed E-state index contributed by atoms with van der Waals surface area (Å²) in [7, 11) is 0. The first-order valence-corrected chi connectivity index (χ1v) is 4.04. The molecule has 0 saturated heterocycles. The SMILES string of the molecule is Cc1ccc(C2=NCOC2)cc1. The zero-order chi connectivity index (χ0) is 8.39. The topological polar surface area (TPSA) is 21.6 Å². The van der Waals surface area contributed by atoms with E-state index in [0.717, 1.165) is 5.71 Å². The van der Waals surface area contributed by atoms with Gasteiger partial charge in [0.1, 0.15) is 6.73 Å². The maximum atomic E-state index is 5.14. The predicted molar refractivity (Wildman–Crippen MR) is 48.5 cm³/mol. The second-order valence-corrected chi connectivity index (χ2v) is 2.95. The number of aliphatic imine (C=N–C) groups is 1. The molecule has 1 aromatic carbocycles. The Morgan fingerprint density at radius 1 is 1.25 bits per heavy atom. The third-order valence-electron chi connectivity index (χ3n) is 1.97. The van der Waals surface area contributed by atoms with Gasteiger partial charge in [0.05, 0.1) is 12.3 Å². The molecule has 1 heterocycles. The molecule has 0 amide bonds. The lowest BCUT2D eigenvalue weighted by Crippen LogP contribution is -2.02. The Balaban J connectivity index is 2.28. The first kappa shape index (κ1) is 7.50. The van der Waals surface area contributed by atoms with E-state index in [4.69, 9.17) is 4.74 Å². The Hall–Kier alpha value is -1.15. The largest absolute Gasteiger partial charge is 0.353 e. The lowest BCUT2D eigenvalue weighted by Gasteiger charge is -1.98. The summed E-state index contributed by atoms with van der Waals surface area (Å²) in [5.41, 5.74) is 3.52. The molecule has 0 spiro atoms. The van der Waals surface area contributed by atoms with Crippen LogP contribution in [0.15, 0.2) is 29.3 Å². The number of nitrogens with zero attached hydrogens (tertiary/aromatic N) is 1. The zero-order valence-corrected chi connectivity index (χ0v) is 7.08. The molecule has 0 atom stereocenters. The predicted octanol–water partition coefficient (Wildman–Crippen LogP) is 1.77. The van der Waals surface area contributed by atoms with Crippen LogP contribution in [0, 0.1) is 6.92 Å². The fraction of sp³-hybridized carbons (Fsp3) is 0.300. The molecule has 1 aromatic rings. The van der Waals surface area contributed by atoms with Gasteiger partial charge in [0.25, 0.3) is 0 Å². The van der Waals surface area contributed by atoms with Gasteiger partial charge in [-0.1, -0.05) is 29.8 Å². The van der Waals surface area contributed by atoms with Gasteiger partial charge in [-0.05, 0) is 12.5 Å². The van der Waals surface area contributed by atoms with Crippen molar-refractivity contribution in [2.45, 2.75) is 6.92 Å². The van der Waals surface area contributed by atoms with Crippen molar-refractivity contribution in [1.29, 1.82) is 0 Å². The van der Waals surface area contributed by atoms with Gasteiger partial charge >= 0.3 is 0 Å². The molecule has 2 nitrogen and oxygen atoms in total. The summed E-state index contributed by atoms with van der Waals surface area (Å²) >= 11 is 0. The smallest absolute Gasteiger partial charge is 0.138 e. The minimum Gasteiger partial charge on any atom is -0.353 e. The lowest BCUT2D eigenvalue weighted by atomic mass is 10.1. The van der Waals surface area contributed by atoms with E-state index >= 15 is 0 Å². The second-order valence-electron chi connectivity index (χ2n) is 2.95. The van der Waals surface area contributed by atoms with Crippen molar-refractivity contribution in [3.05, 3.63) is 35.4 Å². The molecule has 0 fully saturated rings. The van der Waals surface area contributed by atoms with Gasteiger partial charge in [-0.25, -0.2) is 0 Å². The van der Waals surface area contributed by atoms with Crippen molar-refractivity contribution in [1.82, 2.24) is 0 Å². The molecule has 2 heteroatoms. The summed E-state index contributed by atoms with van der Waals surface area (Å²) in [5, 5.41) is 0. The van der Waals surface area contributed by atoms with E-state index in [9.17, 15) is 0 Å². The Kier molecular flexibility index (Phi) is 1.92. The zero-order valence-electron chi connectivity index (χ0n) is 7.08. The molecule has 2 rings (SSSR count). The quantitative estimate of drug-likeness (QED) is 0.615. The van der Waals surface area contributed by atoms with E-state index in [2.05, 4.69) is 36.2 Å². The first-order chi connectivity index (χ1) is 5.86. The Bertz CT molecular complexity index is 300. The van der Waals surface area contributed by atoms with Crippen LogP contribution < -0.4 is 0 Å². The van der Waals surface area contributed by atoms with Gasteiger partial charge in [0.15, 0.2) is 0 Å². The van der Waals surface area contributed by atoms with Crippen LogP contribution >= 0.6 is 0 Å². The van der Waals surface area contributed by atoms with Crippen LogP contribution in [-0.2, 0) is 4.74 Å². The van der Waals surface area contributed by atoms with Crippen LogP contribution in [0.5, 0.6) is 0 Å². The summed E-state index contributed by atoms with van der Waals surface area (Å²) in [6.07, 6.45) is 0. The summed E-state index contributed by atoms with van der Waals surface area (Å²) in [6.45, 7) is 3.25. The second kappa shape index (κ2) is 3.07. The Morgan fingerprint density at radius 2 is 2.00 bits per heavy atom. The van der Waals surface area contributed by atoms with Crippen molar-refractivity contribution in [2.24, 2.45) is 4.99 Å².